The summed E-state index contributed by atoms with van der Waals surface area (Å²) in [5.41, 5.74) is 2.20. The van der Waals surface area contributed by atoms with Crippen LogP contribution >= 0.6 is 35.3 Å². The molecule has 1 saturated heterocycles. The van der Waals surface area contributed by atoms with Crippen LogP contribution in [0.2, 0.25) is 0 Å². The van der Waals surface area contributed by atoms with Crippen LogP contribution in [-0.2, 0) is 6.54 Å². The van der Waals surface area contributed by atoms with Crippen LogP contribution in [0, 0.1) is 0 Å². The third-order valence-electron chi connectivity index (χ3n) is 5.00. The zero-order valence-electron chi connectivity index (χ0n) is 17.0. The number of aliphatic imine (C=N–C) groups is 1. The summed E-state index contributed by atoms with van der Waals surface area (Å²) in [5, 5.41) is 6.63. The third kappa shape index (κ3) is 5.95. The topological polar surface area (TPSA) is 49.8 Å². The van der Waals surface area contributed by atoms with Gasteiger partial charge >= 0.3 is 0 Å². The molecule has 0 atom stereocenters. The van der Waals surface area contributed by atoms with Gasteiger partial charge in [0.1, 0.15) is 16.9 Å². The Morgan fingerprint density at radius 1 is 1.10 bits per heavy atom. The highest BCUT2D eigenvalue weighted by molar-refractivity contribution is 14.0. The number of likely N-dealkylation sites (tertiary alicyclic amines) is 1. The van der Waals surface area contributed by atoms with E-state index in [1.54, 1.807) is 11.3 Å². The van der Waals surface area contributed by atoms with Gasteiger partial charge in [0, 0.05) is 43.9 Å². The van der Waals surface area contributed by atoms with Crippen molar-refractivity contribution in [1.29, 1.82) is 0 Å². The zero-order chi connectivity index (χ0) is 19.9. The Bertz CT molecular complexity index is 925. The van der Waals surface area contributed by atoms with Gasteiger partial charge in [-0.25, -0.2) is 4.98 Å². The molecule has 2 aromatic carbocycles. The molecule has 0 unspecified atom stereocenters. The first kappa shape index (κ1) is 22.6. The minimum Gasteiger partial charge on any atom is -0.490 e. The number of nitrogens with zero attached hydrogens (tertiary/aromatic N) is 3. The van der Waals surface area contributed by atoms with Gasteiger partial charge in [-0.2, -0.15) is 0 Å². The number of aromatic nitrogens is 1. The SMILES string of the molecule is CN=C(NCc1csc(-c2ccccc2)n1)N1CCC(Oc2ccccc2)CC1.I. The number of thiazole rings is 1. The van der Waals surface area contributed by atoms with Crippen LogP contribution in [0.5, 0.6) is 5.75 Å². The Hall–Kier alpha value is -2.13. The number of nitrogens with one attached hydrogen (secondary N) is 1. The standard InChI is InChI=1S/C23H26N4OS.HI/c1-24-23(25-16-19-17-29-22(26-19)18-8-4-2-5-9-18)27-14-12-21(13-15-27)28-20-10-6-3-7-11-20;/h2-11,17,21H,12-16H2,1H3,(H,24,25);1H. The summed E-state index contributed by atoms with van der Waals surface area (Å²) in [5.74, 6) is 1.88. The zero-order valence-corrected chi connectivity index (χ0v) is 20.2. The first-order valence-electron chi connectivity index (χ1n) is 9.99. The lowest BCUT2D eigenvalue weighted by Gasteiger charge is -2.34. The molecule has 158 valence electrons. The van der Waals surface area contributed by atoms with Gasteiger partial charge in [0.15, 0.2) is 5.96 Å². The number of hydrogen-bond donors (Lipinski definition) is 1. The number of piperidine rings is 1. The van der Waals surface area contributed by atoms with E-state index < -0.39 is 0 Å². The molecule has 2 heterocycles. The van der Waals surface area contributed by atoms with Gasteiger partial charge in [-0.3, -0.25) is 4.99 Å². The number of guanidine groups is 1. The van der Waals surface area contributed by atoms with E-state index in [1.807, 2.05) is 55.6 Å². The number of halogens is 1. The minimum absolute atomic E-state index is 0. The van der Waals surface area contributed by atoms with Gasteiger partial charge < -0.3 is 15.0 Å². The molecule has 1 aliphatic rings. The van der Waals surface area contributed by atoms with Crippen molar-refractivity contribution in [2.45, 2.75) is 25.5 Å². The Morgan fingerprint density at radius 3 is 2.43 bits per heavy atom. The van der Waals surface area contributed by atoms with Crippen LogP contribution in [0.15, 0.2) is 71.0 Å². The van der Waals surface area contributed by atoms with E-state index in [2.05, 4.69) is 32.7 Å². The summed E-state index contributed by atoms with van der Waals surface area (Å²) in [6, 6.07) is 20.4. The largest absolute Gasteiger partial charge is 0.490 e. The lowest BCUT2D eigenvalue weighted by atomic mass is 10.1. The van der Waals surface area contributed by atoms with Gasteiger partial charge in [-0.15, -0.1) is 35.3 Å². The first-order chi connectivity index (χ1) is 14.3. The highest BCUT2D eigenvalue weighted by atomic mass is 127. The van der Waals surface area contributed by atoms with E-state index in [0.29, 0.717) is 6.54 Å². The molecule has 0 amide bonds. The van der Waals surface area contributed by atoms with Crippen molar-refractivity contribution in [3.63, 3.8) is 0 Å². The van der Waals surface area contributed by atoms with E-state index in [0.717, 1.165) is 53.9 Å². The molecule has 1 N–H and O–H groups in total. The van der Waals surface area contributed by atoms with Crippen LogP contribution in [-0.4, -0.2) is 42.1 Å². The smallest absolute Gasteiger partial charge is 0.193 e. The lowest BCUT2D eigenvalue weighted by Crippen LogP contribution is -2.47. The normalized spacial score (nSPS) is 14.8. The van der Waals surface area contributed by atoms with Gasteiger partial charge in [-0.1, -0.05) is 48.5 Å². The molecule has 7 heteroatoms. The van der Waals surface area contributed by atoms with Crippen molar-refractivity contribution < 1.29 is 4.74 Å². The molecular weight excluding hydrogens is 507 g/mol. The minimum atomic E-state index is 0. The summed E-state index contributed by atoms with van der Waals surface area (Å²) in [7, 11) is 1.84. The summed E-state index contributed by atoms with van der Waals surface area (Å²) >= 11 is 1.68. The van der Waals surface area contributed by atoms with E-state index in [1.165, 1.54) is 0 Å². The number of benzene rings is 2. The van der Waals surface area contributed by atoms with Crippen LogP contribution < -0.4 is 10.1 Å². The molecule has 0 saturated carbocycles. The second-order valence-electron chi connectivity index (χ2n) is 7.03. The molecule has 1 aliphatic heterocycles. The van der Waals surface area contributed by atoms with Crippen molar-refractivity contribution >= 4 is 41.3 Å². The average molecular weight is 534 g/mol. The maximum Gasteiger partial charge on any atom is 0.193 e. The second-order valence-corrected chi connectivity index (χ2v) is 7.89. The fourth-order valence-corrected chi connectivity index (χ4v) is 4.31. The highest BCUT2D eigenvalue weighted by Crippen LogP contribution is 2.23. The molecule has 30 heavy (non-hydrogen) atoms. The third-order valence-corrected chi connectivity index (χ3v) is 5.94. The number of para-hydroxylation sites is 1. The molecule has 0 spiro atoms. The fraction of sp³-hybridized carbons (Fsp3) is 0.304. The Morgan fingerprint density at radius 2 is 1.77 bits per heavy atom. The Labute approximate surface area is 199 Å². The highest BCUT2D eigenvalue weighted by Gasteiger charge is 2.22. The molecule has 5 nitrogen and oxygen atoms in total. The van der Waals surface area contributed by atoms with Crippen molar-refractivity contribution in [1.82, 2.24) is 15.2 Å². The molecule has 0 radical (unpaired) electrons. The van der Waals surface area contributed by atoms with Gasteiger partial charge in [-0.05, 0) is 12.1 Å². The quantitative estimate of drug-likeness (QED) is 0.283. The molecule has 4 rings (SSSR count). The summed E-state index contributed by atoms with van der Waals surface area (Å²) in [6.07, 6.45) is 2.24. The van der Waals surface area contributed by atoms with E-state index in [9.17, 15) is 0 Å². The molecule has 3 aromatic rings. The molecular formula is C23H27IN4OS. The second kappa shape index (κ2) is 11.3. The van der Waals surface area contributed by atoms with Crippen LogP contribution in [0.1, 0.15) is 18.5 Å². The molecule has 0 aliphatic carbocycles. The summed E-state index contributed by atoms with van der Waals surface area (Å²) < 4.78 is 6.10. The molecule has 1 aromatic heterocycles. The Balaban J connectivity index is 0.00000256. The monoisotopic (exact) mass is 534 g/mol. The van der Waals surface area contributed by atoms with E-state index in [-0.39, 0.29) is 30.1 Å². The predicted octanol–water partition coefficient (Wildman–Crippen LogP) is 5.05. The Kier molecular flexibility index (Phi) is 8.50. The van der Waals surface area contributed by atoms with Crippen LogP contribution in [0.4, 0.5) is 0 Å². The maximum absolute atomic E-state index is 6.10. The summed E-state index contributed by atoms with van der Waals surface area (Å²) in [4.78, 5) is 11.5. The number of ether oxygens (including phenoxy) is 1. The van der Waals surface area contributed by atoms with Gasteiger partial charge in [0.2, 0.25) is 0 Å². The first-order valence-corrected chi connectivity index (χ1v) is 10.9. The number of hydrogen-bond acceptors (Lipinski definition) is 4. The molecule has 0 bridgehead atoms. The van der Waals surface area contributed by atoms with Gasteiger partial charge in [0.25, 0.3) is 0 Å². The average Bonchev–Trinajstić information content (AvgIpc) is 3.26. The van der Waals surface area contributed by atoms with E-state index >= 15 is 0 Å². The van der Waals surface area contributed by atoms with Gasteiger partial charge in [0.05, 0.1) is 12.2 Å². The van der Waals surface area contributed by atoms with Crippen LogP contribution in [0.25, 0.3) is 10.6 Å². The van der Waals surface area contributed by atoms with Crippen molar-refractivity contribution in [2.75, 3.05) is 20.1 Å². The fourth-order valence-electron chi connectivity index (χ4n) is 3.48. The van der Waals surface area contributed by atoms with Crippen molar-refractivity contribution in [3.8, 4) is 16.3 Å². The van der Waals surface area contributed by atoms with Crippen molar-refractivity contribution in [2.24, 2.45) is 4.99 Å². The lowest BCUT2D eigenvalue weighted by molar-refractivity contribution is 0.129. The number of rotatable bonds is 5. The predicted molar refractivity (Wildman–Crippen MR) is 135 cm³/mol. The summed E-state index contributed by atoms with van der Waals surface area (Å²) in [6.45, 7) is 2.55. The van der Waals surface area contributed by atoms with Crippen molar-refractivity contribution in [3.05, 3.63) is 71.7 Å². The van der Waals surface area contributed by atoms with E-state index in [4.69, 9.17) is 9.72 Å². The van der Waals surface area contributed by atoms with Crippen LogP contribution in [0.3, 0.4) is 0 Å². The maximum atomic E-state index is 6.10. The molecule has 1 fully saturated rings.